The van der Waals surface area contributed by atoms with E-state index in [1.165, 1.54) is 21.5 Å². The summed E-state index contributed by atoms with van der Waals surface area (Å²) >= 11 is 0. The van der Waals surface area contributed by atoms with Crippen molar-refractivity contribution in [3.05, 3.63) is 193 Å². The van der Waals surface area contributed by atoms with Crippen LogP contribution in [0.1, 0.15) is 16.7 Å². The Labute approximate surface area is 289 Å². The fourth-order valence-electron chi connectivity index (χ4n) is 7.09. The lowest BCUT2D eigenvalue weighted by molar-refractivity contribution is 1.17. The normalized spacial score (nSPS) is 12.1. The highest BCUT2D eigenvalue weighted by atomic mass is 15.0. The molecule has 50 heavy (non-hydrogen) atoms. The molecule has 0 atom stereocenters. The first kappa shape index (κ1) is 29.3. The zero-order valence-corrected chi connectivity index (χ0v) is 27.1. The quantitative estimate of drug-likeness (QED) is 0.144. The van der Waals surface area contributed by atoms with E-state index in [0.29, 0.717) is 11.4 Å². The van der Waals surface area contributed by atoms with Gasteiger partial charge >= 0.3 is 0 Å². The molecule has 0 aliphatic carbocycles. The minimum Gasteiger partial charge on any atom is -0.309 e. The van der Waals surface area contributed by atoms with E-state index in [0.717, 1.165) is 44.6 Å². The van der Waals surface area contributed by atoms with Crippen LogP contribution in [0.15, 0.2) is 186 Å². The standard InChI is InChI=1S/C45H31N5/c46-44(37-23-9-15-29-43(37)50-41-27-13-7-21-35(41)36-22-8-14-28-42(36)50)48-45(31-16-2-1-3-17-31)47-30-32-18-4-10-24-38(32)49-39-25-11-5-19-33(39)34-20-6-12-26-40(34)49/h1-30,46H. The van der Waals surface area contributed by atoms with Gasteiger partial charge in [0.25, 0.3) is 0 Å². The van der Waals surface area contributed by atoms with E-state index in [4.69, 9.17) is 9.98 Å². The van der Waals surface area contributed by atoms with Gasteiger partial charge in [-0.25, -0.2) is 9.98 Å². The maximum absolute atomic E-state index is 9.41. The largest absolute Gasteiger partial charge is 0.309 e. The summed E-state index contributed by atoms with van der Waals surface area (Å²) in [5.41, 5.74) is 8.84. The molecule has 2 aromatic heterocycles. The second-order valence-electron chi connectivity index (χ2n) is 12.2. The molecule has 0 radical (unpaired) electrons. The first-order valence-electron chi connectivity index (χ1n) is 16.7. The molecule has 5 nitrogen and oxygen atoms in total. The molecular formula is C45H31N5. The van der Waals surface area contributed by atoms with Crippen LogP contribution in [0.2, 0.25) is 0 Å². The van der Waals surface area contributed by atoms with Gasteiger partial charge in [0, 0.05) is 44.4 Å². The van der Waals surface area contributed by atoms with Crippen molar-refractivity contribution in [1.82, 2.24) is 9.13 Å². The highest BCUT2D eigenvalue weighted by molar-refractivity contribution is 6.16. The van der Waals surface area contributed by atoms with E-state index in [1.807, 2.05) is 60.8 Å². The van der Waals surface area contributed by atoms with Gasteiger partial charge in [-0.05, 0) is 42.5 Å². The molecule has 0 saturated heterocycles. The van der Waals surface area contributed by atoms with Crippen molar-refractivity contribution in [2.45, 2.75) is 0 Å². The van der Waals surface area contributed by atoms with Gasteiger partial charge in [0.2, 0.25) is 0 Å². The highest BCUT2D eigenvalue weighted by Gasteiger charge is 2.17. The molecule has 0 amide bonds. The number of aromatic nitrogens is 2. The molecule has 9 aromatic rings. The average Bonchev–Trinajstić information content (AvgIpc) is 3.70. The Morgan fingerprint density at radius 2 is 0.860 bits per heavy atom. The van der Waals surface area contributed by atoms with Crippen LogP contribution in [-0.2, 0) is 0 Å². The number of benzene rings is 7. The van der Waals surface area contributed by atoms with Gasteiger partial charge in [-0.15, -0.1) is 0 Å². The van der Waals surface area contributed by atoms with Gasteiger partial charge in [0.1, 0.15) is 0 Å². The molecular weight excluding hydrogens is 611 g/mol. The Morgan fingerprint density at radius 1 is 0.440 bits per heavy atom. The van der Waals surface area contributed by atoms with E-state index in [-0.39, 0.29) is 5.84 Å². The Balaban J connectivity index is 1.18. The molecule has 236 valence electrons. The average molecular weight is 642 g/mol. The summed E-state index contributed by atoms with van der Waals surface area (Å²) in [7, 11) is 0. The maximum Gasteiger partial charge on any atom is 0.161 e. The van der Waals surface area contributed by atoms with E-state index in [9.17, 15) is 5.41 Å². The number of nitrogens with one attached hydrogen (secondary N) is 1. The molecule has 9 rings (SSSR count). The summed E-state index contributed by atoms with van der Waals surface area (Å²) in [4.78, 5) is 9.95. The Morgan fingerprint density at radius 3 is 1.42 bits per heavy atom. The predicted octanol–water partition coefficient (Wildman–Crippen LogP) is 10.8. The van der Waals surface area contributed by atoms with Crippen molar-refractivity contribution < 1.29 is 0 Å². The van der Waals surface area contributed by atoms with Crippen LogP contribution < -0.4 is 0 Å². The second-order valence-corrected chi connectivity index (χ2v) is 12.2. The van der Waals surface area contributed by atoms with Crippen molar-refractivity contribution in [1.29, 1.82) is 5.41 Å². The fraction of sp³-hybridized carbons (Fsp3) is 0. The molecule has 0 saturated carbocycles. The molecule has 0 aliphatic heterocycles. The van der Waals surface area contributed by atoms with Gasteiger partial charge in [0.15, 0.2) is 11.7 Å². The van der Waals surface area contributed by atoms with Gasteiger partial charge in [0.05, 0.1) is 33.4 Å². The smallest absolute Gasteiger partial charge is 0.161 e. The number of para-hydroxylation sites is 6. The first-order valence-corrected chi connectivity index (χ1v) is 16.7. The minimum absolute atomic E-state index is 0.133. The van der Waals surface area contributed by atoms with E-state index < -0.39 is 0 Å². The number of hydrogen-bond donors (Lipinski definition) is 1. The second kappa shape index (κ2) is 12.3. The SMILES string of the molecule is N=C(N=C(N=Cc1ccccc1-n1c2ccccc2c2ccccc21)c1ccccc1)c1ccccc1-n1c2ccccc2c2ccccc21. The van der Waals surface area contributed by atoms with Crippen molar-refractivity contribution in [2.75, 3.05) is 0 Å². The lowest BCUT2D eigenvalue weighted by Crippen LogP contribution is -2.08. The molecule has 7 aromatic carbocycles. The Hall–Kier alpha value is -6.85. The van der Waals surface area contributed by atoms with Crippen LogP contribution >= 0.6 is 0 Å². The van der Waals surface area contributed by atoms with Gasteiger partial charge in [-0.3, -0.25) is 5.41 Å². The molecule has 5 heteroatoms. The monoisotopic (exact) mass is 641 g/mol. The summed E-state index contributed by atoms with van der Waals surface area (Å²) in [5.74, 6) is 0.596. The lowest BCUT2D eigenvalue weighted by Gasteiger charge is -2.13. The molecule has 0 bridgehead atoms. The van der Waals surface area contributed by atoms with E-state index >= 15 is 0 Å². The van der Waals surface area contributed by atoms with E-state index in [1.54, 1.807) is 0 Å². The summed E-state index contributed by atoms with van der Waals surface area (Å²) < 4.78 is 4.53. The molecule has 0 spiro atoms. The Bertz CT molecular complexity index is 2670. The third-order valence-electron chi connectivity index (χ3n) is 9.31. The van der Waals surface area contributed by atoms with Crippen molar-refractivity contribution >= 4 is 61.5 Å². The first-order chi connectivity index (χ1) is 24.8. The summed E-state index contributed by atoms with van der Waals surface area (Å²) in [6.07, 6.45) is 1.87. The van der Waals surface area contributed by atoms with Crippen LogP contribution in [0.4, 0.5) is 0 Å². The number of amidine groups is 2. The van der Waals surface area contributed by atoms with Crippen LogP contribution in [0.5, 0.6) is 0 Å². The number of aliphatic imine (C=N–C) groups is 2. The van der Waals surface area contributed by atoms with Crippen molar-refractivity contribution in [3.63, 3.8) is 0 Å². The maximum atomic E-state index is 9.41. The number of hydrogen-bond acceptors (Lipinski definition) is 1. The predicted molar refractivity (Wildman–Crippen MR) is 209 cm³/mol. The summed E-state index contributed by atoms with van der Waals surface area (Å²) in [6, 6.07) is 60.0. The third-order valence-corrected chi connectivity index (χ3v) is 9.31. The lowest BCUT2D eigenvalue weighted by atomic mass is 10.1. The summed E-state index contributed by atoms with van der Waals surface area (Å²) in [6.45, 7) is 0. The number of rotatable bonds is 5. The highest BCUT2D eigenvalue weighted by Crippen LogP contribution is 2.34. The molecule has 0 unspecified atom stereocenters. The molecule has 2 heterocycles. The van der Waals surface area contributed by atoms with Crippen LogP contribution in [-0.4, -0.2) is 27.0 Å². The number of nitrogens with zero attached hydrogens (tertiary/aromatic N) is 4. The fourth-order valence-corrected chi connectivity index (χ4v) is 7.09. The van der Waals surface area contributed by atoms with Crippen LogP contribution in [0, 0.1) is 5.41 Å². The van der Waals surface area contributed by atoms with E-state index in [2.05, 4.69) is 130 Å². The topological polar surface area (TPSA) is 58.4 Å². The van der Waals surface area contributed by atoms with Crippen molar-refractivity contribution in [2.24, 2.45) is 9.98 Å². The minimum atomic E-state index is 0.133. The number of fused-ring (bicyclic) bond motifs is 6. The third kappa shape index (κ3) is 4.92. The molecule has 1 N–H and O–H groups in total. The van der Waals surface area contributed by atoms with Crippen molar-refractivity contribution in [3.8, 4) is 11.4 Å². The van der Waals surface area contributed by atoms with Gasteiger partial charge in [-0.2, -0.15) is 0 Å². The summed E-state index contributed by atoms with van der Waals surface area (Å²) in [5, 5.41) is 14.2. The molecule has 0 fully saturated rings. The zero-order valence-electron chi connectivity index (χ0n) is 27.1. The van der Waals surface area contributed by atoms with Gasteiger partial charge < -0.3 is 9.13 Å². The van der Waals surface area contributed by atoms with Gasteiger partial charge in [-0.1, -0.05) is 133 Å². The van der Waals surface area contributed by atoms with Crippen LogP contribution in [0.25, 0.3) is 55.0 Å². The Kier molecular flexibility index (Phi) is 7.21. The van der Waals surface area contributed by atoms with Crippen LogP contribution in [0.3, 0.4) is 0 Å². The zero-order chi connectivity index (χ0) is 33.4. The molecule has 0 aliphatic rings.